The van der Waals surface area contributed by atoms with Gasteiger partial charge in [0.15, 0.2) is 12.0 Å². The zero-order chi connectivity index (χ0) is 11.7. The zero-order valence-corrected chi connectivity index (χ0v) is 10.2. The number of carbonyl (C=O) groups is 1. The van der Waals surface area contributed by atoms with Crippen molar-refractivity contribution in [1.29, 1.82) is 0 Å². The Labute approximate surface area is 105 Å². The maximum atomic E-state index is 10.5. The molecular weight excluding hydrogens is 295 g/mol. The summed E-state index contributed by atoms with van der Waals surface area (Å²) in [5.74, 6) is 0.615. The number of aldehydes is 1. The van der Waals surface area contributed by atoms with Gasteiger partial charge in [-0.05, 0) is 40.2 Å². The summed E-state index contributed by atoms with van der Waals surface area (Å²) in [6.07, 6.45) is 0.597. The standard InChI is InChI=1S/C11H6BrClO3/c12-9-4-6(13)3-8(11(9)15)10-2-1-7(5-14)16-10/h1-5,15H. The lowest BCUT2D eigenvalue weighted by molar-refractivity contribution is 0.110. The van der Waals surface area contributed by atoms with Gasteiger partial charge in [0, 0.05) is 5.02 Å². The maximum absolute atomic E-state index is 10.5. The molecule has 1 N–H and O–H groups in total. The highest BCUT2D eigenvalue weighted by atomic mass is 79.9. The molecule has 0 radical (unpaired) electrons. The van der Waals surface area contributed by atoms with Crippen LogP contribution >= 0.6 is 27.5 Å². The fraction of sp³-hybridized carbons (Fsp3) is 0. The summed E-state index contributed by atoms with van der Waals surface area (Å²) in [7, 11) is 0. The average Bonchev–Trinajstić information content (AvgIpc) is 2.71. The van der Waals surface area contributed by atoms with Crippen molar-refractivity contribution in [2.75, 3.05) is 0 Å². The van der Waals surface area contributed by atoms with E-state index in [4.69, 9.17) is 16.0 Å². The fourth-order valence-electron chi connectivity index (χ4n) is 1.31. The van der Waals surface area contributed by atoms with Crippen LogP contribution in [0, 0.1) is 0 Å². The van der Waals surface area contributed by atoms with Crippen LogP contribution in [-0.4, -0.2) is 11.4 Å². The van der Waals surface area contributed by atoms with Gasteiger partial charge in [-0.25, -0.2) is 0 Å². The number of carbonyl (C=O) groups excluding carboxylic acids is 1. The Morgan fingerprint density at radius 3 is 2.75 bits per heavy atom. The van der Waals surface area contributed by atoms with Crippen LogP contribution in [0.15, 0.2) is 33.2 Å². The normalized spacial score (nSPS) is 10.4. The quantitative estimate of drug-likeness (QED) is 0.856. The van der Waals surface area contributed by atoms with Crippen molar-refractivity contribution in [2.24, 2.45) is 0 Å². The van der Waals surface area contributed by atoms with E-state index in [1.165, 1.54) is 6.07 Å². The largest absolute Gasteiger partial charge is 0.506 e. The summed E-state index contributed by atoms with van der Waals surface area (Å²) in [6, 6.07) is 6.26. The molecule has 0 aliphatic carbocycles. The lowest BCUT2D eigenvalue weighted by Crippen LogP contribution is -1.79. The summed E-state index contributed by atoms with van der Waals surface area (Å²) < 4.78 is 5.67. The van der Waals surface area contributed by atoms with Crippen LogP contribution in [-0.2, 0) is 0 Å². The molecule has 0 saturated heterocycles. The number of hydrogen-bond donors (Lipinski definition) is 1. The predicted molar refractivity (Wildman–Crippen MR) is 63.9 cm³/mol. The minimum absolute atomic E-state index is 0.0243. The molecule has 1 aromatic carbocycles. The molecule has 3 nitrogen and oxygen atoms in total. The SMILES string of the molecule is O=Cc1ccc(-c2cc(Cl)cc(Br)c2O)o1. The second kappa shape index (κ2) is 4.31. The molecule has 1 heterocycles. The van der Waals surface area contributed by atoms with Gasteiger partial charge in [0.25, 0.3) is 0 Å². The number of benzene rings is 1. The van der Waals surface area contributed by atoms with Gasteiger partial charge in [-0.1, -0.05) is 11.6 Å². The third-order valence-corrected chi connectivity index (χ3v) is 2.86. The summed E-state index contributed by atoms with van der Waals surface area (Å²) in [5.41, 5.74) is 0.437. The van der Waals surface area contributed by atoms with Gasteiger partial charge in [-0.2, -0.15) is 0 Å². The number of phenolic OH excluding ortho intramolecular Hbond substituents is 1. The van der Waals surface area contributed by atoms with Crippen molar-refractivity contribution in [3.8, 4) is 17.1 Å². The van der Waals surface area contributed by atoms with E-state index < -0.39 is 0 Å². The lowest BCUT2D eigenvalue weighted by Gasteiger charge is -2.04. The van der Waals surface area contributed by atoms with E-state index in [0.717, 1.165) is 0 Å². The first-order valence-corrected chi connectivity index (χ1v) is 5.52. The smallest absolute Gasteiger partial charge is 0.185 e. The molecule has 0 aliphatic rings. The first-order chi connectivity index (χ1) is 7.61. The van der Waals surface area contributed by atoms with Crippen LogP contribution in [0.3, 0.4) is 0 Å². The third-order valence-electron chi connectivity index (χ3n) is 2.04. The van der Waals surface area contributed by atoms with Gasteiger partial charge in [0.2, 0.25) is 0 Å². The van der Waals surface area contributed by atoms with E-state index in [1.54, 1.807) is 18.2 Å². The van der Waals surface area contributed by atoms with Crippen LogP contribution in [0.2, 0.25) is 5.02 Å². The third kappa shape index (κ3) is 1.99. The molecule has 5 heteroatoms. The molecule has 2 rings (SSSR count). The molecule has 0 fully saturated rings. The average molecular weight is 302 g/mol. The molecule has 0 saturated carbocycles. The lowest BCUT2D eigenvalue weighted by atomic mass is 10.1. The molecule has 82 valence electrons. The van der Waals surface area contributed by atoms with Gasteiger partial charge in [0.05, 0.1) is 10.0 Å². The summed E-state index contributed by atoms with van der Waals surface area (Å²) >= 11 is 9.03. The van der Waals surface area contributed by atoms with E-state index >= 15 is 0 Å². The minimum atomic E-state index is 0.0243. The van der Waals surface area contributed by atoms with Gasteiger partial charge < -0.3 is 9.52 Å². The molecular formula is C11H6BrClO3. The van der Waals surface area contributed by atoms with Crippen molar-refractivity contribution >= 4 is 33.8 Å². The molecule has 2 aromatic rings. The van der Waals surface area contributed by atoms with Crippen LogP contribution < -0.4 is 0 Å². The highest BCUT2D eigenvalue weighted by Gasteiger charge is 2.13. The maximum Gasteiger partial charge on any atom is 0.185 e. The second-order valence-electron chi connectivity index (χ2n) is 3.10. The number of hydrogen-bond acceptors (Lipinski definition) is 3. The molecule has 0 atom stereocenters. The predicted octanol–water partition coefficient (Wildman–Crippen LogP) is 3.88. The van der Waals surface area contributed by atoms with Crippen LogP contribution in [0.25, 0.3) is 11.3 Å². The summed E-state index contributed by atoms with van der Waals surface area (Å²) in [6.45, 7) is 0. The number of aromatic hydroxyl groups is 1. The molecule has 0 aliphatic heterocycles. The van der Waals surface area contributed by atoms with Crippen LogP contribution in [0.4, 0.5) is 0 Å². The summed E-state index contributed by atoms with van der Waals surface area (Å²) in [4.78, 5) is 10.5. The van der Waals surface area contributed by atoms with Gasteiger partial charge >= 0.3 is 0 Å². The second-order valence-corrected chi connectivity index (χ2v) is 4.39. The Morgan fingerprint density at radius 1 is 1.38 bits per heavy atom. The Kier molecular flexibility index (Phi) is 3.03. The number of halogens is 2. The van der Waals surface area contributed by atoms with Gasteiger partial charge in [-0.15, -0.1) is 0 Å². The van der Waals surface area contributed by atoms with E-state index in [1.807, 2.05) is 0 Å². The van der Waals surface area contributed by atoms with E-state index in [0.29, 0.717) is 27.1 Å². The minimum Gasteiger partial charge on any atom is -0.506 e. The Morgan fingerprint density at radius 2 is 2.12 bits per heavy atom. The number of furan rings is 1. The van der Waals surface area contributed by atoms with E-state index in [-0.39, 0.29) is 11.5 Å². The number of phenols is 1. The molecule has 0 bridgehead atoms. The van der Waals surface area contributed by atoms with Gasteiger partial charge in [-0.3, -0.25) is 4.79 Å². The summed E-state index contributed by atoms with van der Waals surface area (Å²) in [5, 5.41) is 10.3. The van der Waals surface area contributed by atoms with Crippen molar-refractivity contribution < 1.29 is 14.3 Å². The van der Waals surface area contributed by atoms with Crippen molar-refractivity contribution in [2.45, 2.75) is 0 Å². The van der Waals surface area contributed by atoms with Crippen molar-refractivity contribution in [3.05, 3.63) is 39.5 Å². The molecule has 16 heavy (non-hydrogen) atoms. The molecule has 0 spiro atoms. The first kappa shape index (κ1) is 11.2. The number of rotatable bonds is 2. The highest BCUT2D eigenvalue weighted by Crippen LogP contribution is 2.38. The van der Waals surface area contributed by atoms with Crippen LogP contribution in [0.1, 0.15) is 10.6 Å². The zero-order valence-electron chi connectivity index (χ0n) is 7.91. The Hall–Kier alpha value is -1.26. The van der Waals surface area contributed by atoms with Gasteiger partial charge in [0.1, 0.15) is 11.5 Å². The Bertz CT molecular complexity index is 548. The monoisotopic (exact) mass is 300 g/mol. The van der Waals surface area contributed by atoms with Crippen molar-refractivity contribution in [1.82, 2.24) is 0 Å². The fourth-order valence-corrected chi connectivity index (χ4v) is 2.12. The molecule has 0 amide bonds. The van der Waals surface area contributed by atoms with Crippen molar-refractivity contribution in [3.63, 3.8) is 0 Å². The first-order valence-electron chi connectivity index (χ1n) is 4.35. The molecule has 0 unspecified atom stereocenters. The van der Waals surface area contributed by atoms with E-state index in [9.17, 15) is 9.90 Å². The molecule has 1 aromatic heterocycles. The highest BCUT2D eigenvalue weighted by molar-refractivity contribution is 9.10. The van der Waals surface area contributed by atoms with Crippen LogP contribution in [0.5, 0.6) is 5.75 Å². The van der Waals surface area contributed by atoms with E-state index in [2.05, 4.69) is 15.9 Å². The Balaban J connectivity index is 2.58. The topological polar surface area (TPSA) is 50.4 Å².